The molecule has 2 nitrogen and oxygen atoms in total. The van der Waals surface area contributed by atoms with Crippen molar-refractivity contribution in [3.8, 4) is 0 Å². The van der Waals surface area contributed by atoms with Crippen LogP contribution in [0.25, 0.3) is 0 Å². The summed E-state index contributed by atoms with van der Waals surface area (Å²) in [6.07, 6.45) is 1.48. The number of rotatable bonds is 3. The van der Waals surface area contributed by atoms with Crippen molar-refractivity contribution >= 4 is 8.56 Å². The van der Waals surface area contributed by atoms with Gasteiger partial charge in [-0.15, -0.1) is 13.2 Å². The van der Waals surface area contributed by atoms with E-state index in [2.05, 4.69) is 13.2 Å². The predicted octanol–water partition coefficient (Wildman–Crippen LogP) is 0.324. The Kier molecular flexibility index (Phi) is 2.68. The van der Waals surface area contributed by atoms with Gasteiger partial charge in [-0.2, -0.15) is 0 Å². The van der Waals surface area contributed by atoms with Crippen molar-refractivity contribution in [2.75, 3.05) is 0 Å². The van der Waals surface area contributed by atoms with Gasteiger partial charge in [-0.1, -0.05) is 6.08 Å². The Bertz CT molecular complexity index is 98.6. The van der Waals surface area contributed by atoms with Crippen LogP contribution in [0.3, 0.4) is 0 Å². The fourth-order valence-electron chi connectivity index (χ4n) is 0.296. The predicted molar refractivity (Wildman–Crippen MR) is 35.4 cm³/mol. The second kappa shape index (κ2) is 2.81. The molecule has 0 aromatic heterocycles. The summed E-state index contributed by atoms with van der Waals surface area (Å²) in [7, 11) is -3.03. The van der Waals surface area contributed by atoms with Gasteiger partial charge in [-0.3, -0.25) is 0 Å². The Hall–Kier alpha value is -0.383. The maximum atomic E-state index is 8.83. The number of hydrogen-bond acceptors (Lipinski definition) is 2. The van der Waals surface area contributed by atoms with E-state index in [0.29, 0.717) is 0 Å². The summed E-state index contributed by atoms with van der Waals surface area (Å²) in [5.74, 6) is 0. The molecular formula is C5H10O2Si. The first-order chi connectivity index (χ1) is 3.62. The van der Waals surface area contributed by atoms with Crippen molar-refractivity contribution in [2.45, 2.75) is 6.04 Å². The van der Waals surface area contributed by atoms with Crippen LogP contribution in [-0.4, -0.2) is 18.2 Å². The monoisotopic (exact) mass is 130 g/mol. The Morgan fingerprint density at radius 3 is 2.00 bits per heavy atom. The van der Waals surface area contributed by atoms with E-state index in [-0.39, 0.29) is 6.04 Å². The summed E-state index contributed by atoms with van der Waals surface area (Å²) in [6, 6.07) is 0.260. The van der Waals surface area contributed by atoms with Gasteiger partial charge >= 0.3 is 8.56 Å². The Morgan fingerprint density at radius 1 is 1.38 bits per heavy atom. The molecule has 0 aliphatic carbocycles. The molecule has 0 saturated carbocycles. The van der Waals surface area contributed by atoms with E-state index in [4.69, 9.17) is 9.59 Å². The quantitative estimate of drug-likeness (QED) is 0.427. The molecule has 0 unspecified atom stereocenters. The minimum atomic E-state index is -3.03. The van der Waals surface area contributed by atoms with E-state index in [9.17, 15) is 0 Å². The van der Waals surface area contributed by atoms with Crippen molar-refractivity contribution in [3.05, 3.63) is 24.9 Å². The van der Waals surface area contributed by atoms with E-state index in [1.165, 1.54) is 11.8 Å². The maximum Gasteiger partial charge on any atom is 0.362 e. The van der Waals surface area contributed by atoms with Gasteiger partial charge in [0.15, 0.2) is 0 Å². The summed E-state index contributed by atoms with van der Waals surface area (Å²) < 4.78 is 0. The third-order valence-corrected chi connectivity index (χ3v) is 2.32. The lowest BCUT2D eigenvalue weighted by molar-refractivity contribution is 0.384. The van der Waals surface area contributed by atoms with Crippen LogP contribution in [0.1, 0.15) is 0 Å². The lowest BCUT2D eigenvalue weighted by Gasteiger charge is -2.07. The molecule has 0 amide bonds. The van der Waals surface area contributed by atoms with Crippen molar-refractivity contribution in [1.82, 2.24) is 0 Å². The first-order valence-electron chi connectivity index (χ1n) is 2.31. The third kappa shape index (κ3) is 2.73. The van der Waals surface area contributed by atoms with Gasteiger partial charge < -0.3 is 9.59 Å². The molecule has 46 valence electrons. The summed E-state index contributed by atoms with van der Waals surface area (Å²) >= 11 is 0. The zero-order chi connectivity index (χ0) is 6.62. The topological polar surface area (TPSA) is 40.5 Å². The molecule has 0 fully saturated rings. The fourth-order valence-corrected chi connectivity index (χ4v) is 0.887. The summed E-state index contributed by atoms with van der Waals surface area (Å²) in [4.78, 5) is 17.7. The van der Waals surface area contributed by atoms with E-state index in [0.717, 1.165) is 0 Å². The van der Waals surface area contributed by atoms with Gasteiger partial charge in [-0.05, 0) is 5.70 Å². The van der Waals surface area contributed by atoms with Crippen molar-refractivity contribution in [3.63, 3.8) is 0 Å². The van der Waals surface area contributed by atoms with Crippen LogP contribution in [0.2, 0.25) is 6.04 Å². The average Bonchev–Trinajstić information content (AvgIpc) is 1.67. The highest BCUT2D eigenvalue weighted by Crippen LogP contribution is 2.00. The molecule has 0 aliphatic heterocycles. The maximum absolute atomic E-state index is 8.83. The van der Waals surface area contributed by atoms with Crippen LogP contribution >= 0.6 is 0 Å². The summed E-state index contributed by atoms with van der Waals surface area (Å²) in [5.41, 5.74) is 1.20. The third-order valence-electron chi connectivity index (χ3n) is 0.772. The van der Waals surface area contributed by atoms with E-state index < -0.39 is 8.56 Å². The number of allylic oxidation sites excluding steroid dienone is 1. The minimum Gasteiger partial charge on any atom is -0.408 e. The molecule has 0 spiro atoms. The molecule has 8 heavy (non-hydrogen) atoms. The molecular weight excluding hydrogens is 120 g/mol. The zero-order valence-electron chi connectivity index (χ0n) is 4.67. The molecule has 0 aliphatic rings. The van der Waals surface area contributed by atoms with Gasteiger partial charge in [0.1, 0.15) is 0 Å². The van der Waals surface area contributed by atoms with Crippen LogP contribution in [-0.2, 0) is 0 Å². The lowest BCUT2D eigenvalue weighted by atomic mass is 10.8. The van der Waals surface area contributed by atoms with E-state index in [1.807, 2.05) is 0 Å². The van der Waals surface area contributed by atoms with Crippen molar-refractivity contribution < 1.29 is 9.59 Å². The van der Waals surface area contributed by atoms with E-state index in [1.54, 1.807) is 0 Å². The van der Waals surface area contributed by atoms with E-state index >= 15 is 0 Å². The first-order valence-corrected chi connectivity index (χ1v) is 4.49. The van der Waals surface area contributed by atoms with Crippen LogP contribution in [0, 0.1) is 0 Å². The molecule has 2 N–H and O–H groups in total. The zero-order valence-corrected chi connectivity index (χ0v) is 5.67. The molecule has 0 heterocycles. The molecule has 0 aromatic rings. The molecule has 0 aromatic carbocycles. The highest BCUT2D eigenvalue weighted by molar-refractivity contribution is 6.70. The molecule has 0 saturated heterocycles. The van der Waals surface area contributed by atoms with Gasteiger partial charge in [0, 0.05) is 6.04 Å². The molecule has 3 heteroatoms. The Morgan fingerprint density at radius 2 is 1.88 bits per heavy atom. The van der Waals surface area contributed by atoms with Crippen LogP contribution in [0.4, 0.5) is 0 Å². The second-order valence-corrected chi connectivity index (χ2v) is 4.15. The molecule has 0 bridgehead atoms. The standard InChI is InChI=1S/C5H10O2Si/c1-3-5-8(6,7)4-2/h3-4,6-7H,1-2,5H2. The fraction of sp³-hybridized carbons (Fsp3) is 0.200. The number of hydrogen-bond donors (Lipinski definition) is 2. The summed E-state index contributed by atoms with van der Waals surface area (Å²) in [5, 5.41) is 0. The SMILES string of the molecule is C=CC[Si](O)(O)C=C. The van der Waals surface area contributed by atoms with Gasteiger partial charge in [0.25, 0.3) is 0 Å². The Labute approximate surface area is 50.0 Å². The minimum absolute atomic E-state index is 0.260. The highest BCUT2D eigenvalue weighted by atomic mass is 28.4. The van der Waals surface area contributed by atoms with Crippen molar-refractivity contribution in [1.29, 1.82) is 0 Å². The summed E-state index contributed by atoms with van der Waals surface area (Å²) in [6.45, 7) is 6.63. The molecule has 0 rings (SSSR count). The second-order valence-electron chi connectivity index (χ2n) is 1.58. The van der Waals surface area contributed by atoms with Gasteiger partial charge in [0.2, 0.25) is 0 Å². The smallest absolute Gasteiger partial charge is 0.362 e. The lowest BCUT2D eigenvalue weighted by Crippen LogP contribution is -2.30. The highest BCUT2D eigenvalue weighted by Gasteiger charge is 2.21. The van der Waals surface area contributed by atoms with Crippen LogP contribution in [0.5, 0.6) is 0 Å². The first kappa shape index (κ1) is 7.62. The van der Waals surface area contributed by atoms with Gasteiger partial charge in [0.05, 0.1) is 0 Å². The van der Waals surface area contributed by atoms with Crippen LogP contribution in [0.15, 0.2) is 24.9 Å². The molecule has 0 radical (unpaired) electrons. The molecule has 0 atom stereocenters. The Balaban J connectivity index is 3.70. The normalized spacial score (nSPS) is 10.8. The van der Waals surface area contributed by atoms with Crippen LogP contribution < -0.4 is 0 Å². The largest absolute Gasteiger partial charge is 0.408 e. The van der Waals surface area contributed by atoms with Crippen molar-refractivity contribution in [2.24, 2.45) is 0 Å². The van der Waals surface area contributed by atoms with Gasteiger partial charge in [-0.25, -0.2) is 0 Å². The average molecular weight is 130 g/mol.